The van der Waals surface area contributed by atoms with Crippen LogP contribution >= 0.6 is 15.9 Å². The summed E-state index contributed by atoms with van der Waals surface area (Å²) >= 11 is 3.40. The van der Waals surface area contributed by atoms with E-state index in [0.717, 1.165) is 15.7 Å². The zero-order chi connectivity index (χ0) is 9.97. The van der Waals surface area contributed by atoms with Gasteiger partial charge in [0.1, 0.15) is 0 Å². The summed E-state index contributed by atoms with van der Waals surface area (Å²) < 4.78 is 0.813. The summed E-state index contributed by atoms with van der Waals surface area (Å²) in [6.07, 6.45) is 5.17. The number of nitrogens with zero attached hydrogens (tertiary/aromatic N) is 2. The topological polar surface area (TPSA) is 51.8 Å². The van der Waals surface area contributed by atoms with Crippen molar-refractivity contribution in [3.63, 3.8) is 0 Å². The van der Waals surface area contributed by atoms with Crippen molar-refractivity contribution in [3.8, 4) is 11.3 Å². The Hall–Kier alpha value is -1.42. The lowest BCUT2D eigenvalue weighted by Gasteiger charge is -2.04. The highest BCUT2D eigenvalue weighted by atomic mass is 79.9. The van der Waals surface area contributed by atoms with Crippen LogP contribution in [-0.2, 0) is 0 Å². The molecule has 2 aromatic heterocycles. The molecule has 2 N–H and O–H groups in total. The SMILES string of the molecule is Nc1ccnc(-c2cccnc2)c1Br. The minimum atomic E-state index is 0.679. The van der Waals surface area contributed by atoms with E-state index in [4.69, 9.17) is 5.73 Å². The van der Waals surface area contributed by atoms with Crippen LogP contribution in [0.25, 0.3) is 11.3 Å². The molecule has 3 nitrogen and oxygen atoms in total. The van der Waals surface area contributed by atoms with E-state index < -0.39 is 0 Å². The van der Waals surface area contributed by atoms with Crippen LogP contribution in [0.15, 0.2) is 41.3 Å². The maximum atomic E-state index is 5.75. The summed E-state index contributed by atoms with van der Waals surface area (Å²) in [5.41, 5.74) is 8.20. The summed E-state index contributed by atoms with van der Waals surface area (Å²) in [5, 5.41) is 0. The molecule has 0 radical (unpaired) electrons. The van der Waals surface area contributed by atoms with Gasteiger partial charge in [-0.1, -0.05) is 0 Å². The van der Waals surface area contributed by atoms with Crippen LogP contribution in [0.2, 0.25) is 0 Å². The average molecular weight is 250 g/mol. The van der Waals surface area contributed by atoms with E-state index in [0.29, 0.717) is 5.69 Å². The van der Waals surface area contributed by atoms with Crippen molar-refractivity contribution in [2.24, 2.45) is 0 Å². The maximum absolute atomic E-state index is 5.75. The van der Waals surface area contributed by atoms with Crippen molar-refractivity contribution in [1.29, 1.82) is 0 Å². The van der Waals surface area contributed by atoms with Crippen molar-refractivity contribution in [2.75, 3.05) is 5.73 Å². The van der Waals surface area contributed by atoms with Gasteiger partial charge in [-0.2, -0.15) is 0 Å². The quantitative estimate of drug-likeness (QED) is 0.845. The van der Waals surface area contributed by atoms with E-state index >= 15 is 0 Å². The van der Waals surface area contributed by atoms with Gasteiger partial charge in [0.05, 0.1) is 10.2 Å². The molecule has 2 heterocycles. The second-order valence-electron chi connectivity index (χ2n) is 2.80. The van der Waals surface area contributed by atoms with Gasteiger partial charge in [-0.15, -0.1) is 0 Å². The number of hydrogen-bond acceptors (Lipinski definition) is 3. The molecule has 0 unspecified atom stereocenters. The Kier molecular flexibility index (Phi) is 2.45. The predicted molar refractivity (Wildman–Crippen MR) is 59.6 cm³/mol. The van der Waals surface area contributed by atoms with Crippen molar-refractivity contribution in [1.82, 2.24) is 9.97 Å². The minimum absolute atomic E-state index is 0.679. The van der Waals surface area contributed by atoms with Crippen molar-refractivity contribution < 1.29 is 0 Å². The molecule has 0 aliphatic heterocycles. The summed E-state index contributed by atoms with van der Waals surface area (Å²) in [6.45, 7) is 0. The molecule has 0 fully saturated rings. The number of nitrogen functional groups attached to an aromatic ring is 1. The van der Waals surface area contributed by atoms with Crippen LogP contribution in [0, 0.1) is 0 Å². The highest BCUT2D eigenvalue weighted by Gasteiger charge is 2.06. The minimum Gasteiger partial charge on any atom is -0.398 e. The third-order valence-electron chi connectivity index (χ3n) is 1.85. The molecule has 0 bridgehead atoms. The molecule has 0 atom stereocenters. The molecule has 4 heteroatoms. The molecule has 14 heavy (non-hydrogen) atoms. The largest absolute Gasteiger partial charge is 0.398 e. The molecule has 0 aromatic carbocycles. The highest BCUT2D eigenvalue weighted by Crippen LogP contribution is 2.29. The zero-order valence-electron chi connectivity index (χ0n) is 7.31. The summed E-state index contributed by atoms with van der Waals surface area (Å²) in [7, 11) is 0. The van der Waals surface area contributed by atoms with Crippen molar-refractivity contribution >= 4 is 21.6 Å². The molecule has 2 aromatic rings. The van der Waals surface area contributed by atoms with E-state index in [1.807, 2.05) is 12.1 Å². The van der Waals surface area contributed by atoms with Crippen LogP contribution in [0.4, 0.5) is 5.69 Å². The fourth-order valence-electron chi connectivity index (χ4n) is 1.16. The van der Waals surface area contributed by atoms with E-state index in [2.05, 4.69) is 25.9 Å². The van der Waals surface area contributed by atoms with Crippen LogP contribution in [-0.4, -0.2) is 9.97 Å². The Labute approximate surface area is 90.1 Å². The van der Waals surface area contributed by atoms with E-state index in [1.165, 1.54) is 0 Å². The monoisotopic (exact) mass is 249 g/mol. The lowest BCUT2D eigenvalue weighted by molar-refractivity contribution is 1.27. The third-order valence-corrected chi connectivity index (χ3v) is 2.69. The molecule has 0 aliphatic rings. The van der Waals surface area contributed by atoms with E-state index in [-0.39, 0.29) is 0 Å². The fraction of sp³-hybridized carbons (Fsp3) is 0. The lowest BCUT2D eigenvalue weighted by Crippen LogP contribution is -1.92. The van der Waals surface area contributed by atoms with Crippen LogP contribution in [0.3, 0.4) is 0 Å². The summed E-state index contributed by atoms with van der Waals surface area (Å²) in [6, 6.07) is 5.57. The standard InChI is InChI=1S/C10H8BrN3/c11-9-8(12)3-5-14-10(9)7-2-1-4-13-6-7/h1-6H,(H2,12,14). The van der Waals surface area contributed by atoms with Crippen LogP contribution in [0.1, 0.15) is 0 Å². The lowest BCUT2D eigenvalue weighted by atomic mass is 10.2. The van der Waals surface area contributed by atoms with Gasteiger partial charge in [0.2, 0.25) is 0 Å². The molecular formula is C10H8BrN3. The summed E-state index contributed by atoms with van der Waals surface area (Å²) in [4.78, 5) is 8.27. The van der Waals surface area contributed by atoms with Gasteiger partial charge in [0.15, 0.2) is 0 Å². The second-order valence-corrected chi connectivity index (χ2v) is 3.60. The molecular weight excluding hydrogens is 242 g/mol. The van der Waals surface area contributed by atoms with Crippen LogP contribution in [0.5, 0.6) is 0 Å². The number of halogens is 1. The Balaban J connectivity index is 2.58. The molecule has 0 amide bonds. The smallest absolute Gasteiger partial charge is 0.0880 e. The third kappa shape index (κ3) is 1.61. The molecule has 0 aliphatic carbocycles. The highest BCUT2D eigenvalue weighted by molar-refractivity contribution is 9.10. The number of anilines is 1. The first-order chi connectivity index (χ1) is 6.79. The van der Waals surface area contributed by atoms with E-state index in [9.17, 15) is 0 Å². The predicted octanol–water partition coefficient (Wildman–Crippen LogP) is 2.49. The van der Waals surface area contributed by atoms with Crippen molar-refractivity contribution in [2.45, 2.75) is 0 Å². The van der Waals surface area contributed by atoms with Gasteiger partial charge in [0, 0.05) is 29.8 Å². The van der Waals surface area contributed by atoms with Gasteiger partial charge in [-0.3, -0.25) is 9.97 Å². The first-order valence-corrected chi connectivity index (χ1v) is 4.88. The van der Waals surface area contributed by atoms with Gasteiger partial charge >= 0.3 is 0 Å². The number of nitrogens with two attached hydrogens (primary N) is 1. The average Bonchev–Trinajstić information content (AvgIpc) is 2.23. The van der Waals surface area contributed by atoms with Crippen molar-refractivity contribution in [3.05, 3.63) is 41.3 Å². The van der Waals surface area contributed by atoms with Gasteiger partial charge in [-0.25, -0.2) is 0 Å². The Bertz CT molecular complexity index is 442. The molecule has 0 saturated heterocycles. The zero-order valence-corrected chi connectivity index (χ0v) is 8.90. The van der Waals surface area contributed by atoms with Gasteiger partial charge in [-0.05, 0) is 34.1 Å². The number of pyridine rings is 2. The fourth-order valence-corrected chi connectivity index (χ4v) is 1.63. The maximum Gasteiger partial charge on any atom is 0.0880 e. The normalized spacial score (nSPS) is 10.1. The number of hydrogen-bond donors (Lipinski definition) is 1. The first-order valence-electron chi connectivity index (χ1n) is 4.09. The second kappa shape index (κ2) is 3.75. The van der Waals surface area contributed by atoms with Gasteiger partial charge < -0.3 is 5.73 Å². The first kappa shape index (κ1) is 9.15. The van der Waals surface area contributed by atoms with E-state index in [1.54, 1.807) is 24.7 Å². The number of rotatable bonds is 1. The Morgan fingerprint density at radius 2 is 2.07 bits per heavy atom. The van der Waals surface area contributed by atoms with Gasteiger partial charge in [0.25, 0.3) is 0 Å². The summed E-state index contributed by atoms with van der Waals surface area (Å²) in [5.74, 6) is 0. The Morgan fingerprint density at radius 1 is 1.21 bits per heavy atom. The Morgan fingerprint density at radius 3 is 2.79 bits per heavy atom. The molecule has 0 spiro atoms. The number of aromatic nitrogens is 2. The molecule has 70 valence electrons. The molecule has 0 saturated carbocycles. The molecule has 2 rings (SSSR count). The van der Waals surface area contributed by atoms with Crippen LogP contribution < -0.4 is 5.73 Å².